The fourth-order valence-corrected chi connectivity index (χ4v) is 3.59. The summed E-state index contributed by atoms with van der Waals surface area (Å²) in [6.07, 6.45) is -40.7. The van der Waals surface area contributed by atoms with Gasteiger partial charge in [-0.25, -0.2) is 0 Å². The minimum absolute atomic E-state index is 0.255. The van der Waals surface area contributed by atoms with Gasteiger partial charge in [-0.1, -0.05) is 6.08 Å². The smallest absolute Gasteiger partial charge is 0.309 e. The number of esters is 1. The third kappa shape index (κ3) is 10.9. The second kappa shape index (κ2) is 18.4. The van der Waals surface area contributed by atoms with Gasteiger partial charge in [0.2, 0.25) is 0 Å². The quantitative estimate of drug-likeness (QED) is 0.0441. The fourth-order valence-electron chi connectivity index (χ4n) is 3.59. The number of carbonyl (C=O) groups excluding carboxylic acids is 1. The van der Waals surface area contributed by atoms with Gasteiger partial charge in [0.25, 0.3) is 0 Å². The molecule has 0 aromatic rings. The van der Waals surface area contributed by atoms with Crippen molar-refractivity contribution < 1.29 is 96.3 Å². The van der Waals surface area contributed by atoms with E-state index in [0.29, 0.717) is 0 Å². The molecule has 0 spiro atoms. The maximum absolute atomic E-state index is 11.3. The Balaban J connectivity index is 5.32. The van der Waals surface area contributed by atoms with Gasteiger partial charge < -0.3 is 91.5 Å². The molecule has 0 amide bonds. The molecular formula is C23H44O19. The molecule has 0 radical (unpaired) electrons. The highest BCUT2D eigenvalue weighted by molar-refractivity contribution is 5.70. The van der Waals surface area contributed by atoms with Crippen molar-refractivity contribution in [3.05, 3.63) is 12.7 Å². The van der Waals surface area contributed by atoms with Gasteiger partial charge in [0.05, 0.1) is 12.5 Å². The Morgan fingerprint density at radius 1 is 0.500 bits per heavy atom. The number of ether oxygens (including phenoxy) is 1. The summed E-state index contributed by atoms with van der Waals surface area (Å²) in [5.74, 6) is -0.865. The highest BCUT2D eigenvalue weighted by atomic mass is 16.5. The second-order valence-electron chi connectivity index (χ2n) is 9.84. The van der Waals surface area contributed by atoms with Crippen LogP contribution in [-0.4, -0.2) is 203 Å². The second-order valence-corrected chi connectivity index (χ2v) is 9.84. The van der Waals surface area contributed by atoms with Crippen LogP contribution in [0.15, 0.2) is 12.7 Å². The van der Waals surface area contributed by atoms with E-state index < -0.39 is 116 Å². The van der Waals surface area contributed by atoms with Crippen molar-refractivity contribution in [2.75, 3.05) is 6.61 Å². The van der Waals surface area contributed by atoms with E-state index in [0.717, 1.165) is 6.92 Å². The molecule has 19 heteroatoms. The Kier molecular flexibility index (Phi) is 17.7. The Hall–Kier alpha value is -1.47. The van der Waals surface area contributed by atoms with Crippen molar-refractivity contribution in [3.63, 3.8) is 0 Å². The minimum Gasteiger partial charge on any atom is -0.463 e. The van der Waals surface area contributed by atoms with E-state index in [4.69, 9.17) is 0 Å². The Morgan fingerprint density at radius 2 is 0.738 bits per heavy atom. The van der Waals surface area contributed by atoms with Crippen LogP contribution in [0, 0.1) is 0 Å². The van der Waals surface area contributed by atoms with E-state index in [1.165, 1.54) is 6.08 Å². The lowest BCUT2D eigenvalue weighted by molar-refractivity contribution is -0.210. The van der Waals surface area contributed by atoms with Crippen LogP contribution in [0.2, 0.25) is 0 Å². The van der Waals surface area contributed by atoms with E-state index >= 15 is 0 Å². The summed E-state index contributed by atoms with van der Waals surface area (Å²) >= 11 is 0. The summed E-state index contributed by atoms with van der Waals surface area (Å²) in [6.45, 7) is 3.40. The lowest BCUT2D eigenvalue weighted by atomic mass is 9.87. The molecule has 0 heterocycles. The lowest BCUT2D eigenvalue weighted by Gasteiger charge is -2.37. The number of aliphatic hydroxyl groups is 17. The van der Waals surface area contributed by atoms with Gasteiger partial charge >= 0.3 is 5.97 Å². The molecule has 0 aromatic heterocycles. The van der Waals surface area contributed by atoms with Crippen molar-refractivity contribution in [2.45, 2.75) is 117 Å². The van der Waals surface area contributed by atoms with Crippen LogP contribution in [0.3, 0.4) is 0 Å². The zero-order chi connectivity index (χ0) is 33.2. The summed E-state index contributed by atoms with van der Waals surface area (Å²) in [4.78, 5) is 11.3. The number of carbonyl (C=O) groups is 1. The first-order chi connectivity index (χ1) is 19.2. The van der Waals surface area contributed by atoms with Gasteiger partial charge in [-0.3, -0.25) is 4.79 Å². The van der Waals surface area contributed by atoms with Crippen molar-refractivity contribution in [1.82, 2.24) is 0 Å². The van der Waals surface area contributed by atoms with Gasteiger partial charge in [-0.05, 0) is 6.92 Å². The van der Waals surface area contributed by atoms with Gasteiger partial charge in [-0.15, -0.1) is 6.58 Å². The van der Waals surface area contributed by atoms with Gasteiger partial charge in [0.1, 0.15) is 104 Å². The van der Waals surface area contributed by atoms with Crippen LogP contribution < -0.4 is 0 Å². The Labute approximate surface area is 239 Å². The third-order valence-electron chi connectivity index (χ3n) is 6.51. The number of hydrogen-bond donors (Lipinski definition) is 17. The summed E-state index contributed by atoms with van der Waals surface area (Å²) < 4.78 is 4.57. The predicted molar refractivity (Wildman–Crippen MR) is 134 cm³/mol. The van der Waals surface area contributed by atoms with Crippen LogP contribution >= 0.6 is 0 Å². The molecule has 250 valence electrons. The van der Waals surface area contributed by atoms with Crippen molar-refractivity contribution in [1.29, 1.82) is 0 Å². The molecule has 0 aliphatic heterocycles. The molecule has 17 unspecified atom stereocenters. The first-order valence-corrected chi connectivity index (χ1v) is 12.6. The summed E-state index contributed by atoms with van der Waals surface area (Å²) in [6, 6.07) is 0. The van der Waals surface area contributed by atoms with Gasteiger partial charge in [0.15, 0.2) is 0 Å². The zero-order valence-corrected chi connectivity index (χ0v) is 22.4. The predicted octanol–water partition coefficient (Wildman–Crippen LogP) is -9.74. The molecule has 42 heavy (non-hydrogen) atoms. The van der Waals surface area contributed by atoms with Crippen molar-refractivity contribution in [2.24, 2.45) is 0 Å². The molecule has 0 saturated carbocycles. The van der Waals surface area contributed by atoms with Crippen molar-refractivity contribution in [3.8, 4) is 0 Å². The molecule has 0 fully saturated rings. The van der Waals surface area contributed by atoms with Gasteiger partial charge in [0, 0.05) is 0 Å². The average Bonchev–Trinajstić information content (AvgIpc) is 2.97. The lowest BCUT2D eigenvalue weighted by Crippen LogP contribution is -2.61. The van der Waals surface area contributed by atoms with E-state index in [-0.39, 0.29) is 6.42 Å². The van der Waals surface area contributed by atoms with Crippen LogP contribution in [0.1, 0.15) is 13.3 Å². The normalized spacial score (nSPS) is 24.6. The molecule has 17 N–H and O–H groups in total. The maximum Gasteiger partial charge on any atom is 0.309 e. The molecule has 0 saturated heterocycles. The highest BCUT2D eigenvalue weighted by Gasteiger charge is 2.46. The molecule has 0 aliphatic rings. The van der Waals surface area contributed by atoms with E-state index in [1.807, 2.05) is 0 Å². The highest BCUT2D eigenvalue weighted by Crippen LogP contribution is 2.20. The maximum atomic E-state index is 11.3. The molecular weight excluding hydrogens is 580 g/mol. The van der Waals surface area contributed by atoms with E-state index in [9.17, 15) is 91.6 Å². The summed E-state index contributed by atoms with van der Waals surface area (Å²) in [5.41, 5.74) is 0. The third-order valence-corrected chi connectivity index (χ3v) is 6.51. The van der Waals surface area contributed by atoms with Crippen LogP contribution in [0.4, 0.5) is 0 Å². The Morgan fingerprint density at radius 3 is 0.976 bits per heavy atom. The first kappa shape index (κ1) is 40.5. The number of hydrogen-bond acceptors (Lipinski definition) is 19. The molecule has 0 aliphatic carbocycles. The van der Waals surface area contributed by atoms with Crippen molar-refractivity contribution >= 4 is 5.97 Å². The number of aliphatic hydroxyl groups excluding tert-OH is 17. The molecule has 0 bridgehead atoms. The minimum atomic E-state index is -2.71. The van der Waals surface area contributed by atoms with Crippen LogP contribution in [0.25, 0.3) is 0 Å². The molecule has 17 atom stereocenters. The fraction of sp³-hybridized carbons (Fsp3) is 0.870. The largest absolute Gasteiger partial charge is 0.463 e. The Bertz CT molecular complexity index is 787. The van der Waals surface area contributed by atoms with E-state index in [1.54, 1.807) is 0 Å². The summed E-state index contributed by atoms with van der Waals surface area (Å²) in [5, 5.41) is 169. The van der Waals surface area contributed by atoms with E-state index in [2.05, 4.69) is 11.3 Å². The molecule has 19 nitrogen and oxygen atoms in total. The number of rotatable bonds is 20. The summed E-state index contributed by atoms with van der Waals surface area (Å²) in [7, 11) is 0. The zero-order valence-electron chi connectivity index (χ0n) is 22.4. The topological polar surface area (TPSA) is 370 Å². The standard InChI is InChI=1S/C23H44O19/c1-3-4-8(26)42-5-7(25)10(28)12(30)14(32)16(34)18(36)20(38)22(40)23(41)21(39)19(37)17(35)15(33)13(31)11(29)9(27)6(2)24/h3,6-7,9-25,27-41H,1,4-5H2,2H3. The van der Waals surface area contributed by atoms with Crippen LogP contribution in [0.5, 0.6) is 0 Å². The SMILES string of the molecule is C=CCC(=O)OCC(O)C(O)C(O)C(O)C(O)C(O)C(O)C(O)C(O)C(O)C(O)C(O)C(O)C(O)C(O)C(O)C(C)O. The average molecular weight is 625 g/mol. The first-order valence-electron chi connectivity index (χ1n) is 12.6. The molecule has 0 rings (SSSR count). The monoisotopic (exact) mass is 624 g/mol. The van der Waals surface area contributed by atoms with Gasteiger partial charge in [-0.2, -0.15) is 0 Å². The molecule has 0 aromatic carbocycles. The van der Waals surface area contributed by atoms with Crippen LogP contribution in [-0.2, 0) is 9.53 Å².